The first-order valence-corrected chi connectivity index (χ1v) is 30.1. The smallest absolute Gasteiger partial charge is 0.335 e. The summed E-state index contributed by atoms with van der Waals surface area (Å²) in [6, 6.07) is 0. The molecule has 1 aliphatic heterocycles. The predicted molar refractivity (Wildman–Crippen MR) is 304 cm³/mol. The van der Waals surface area contributed by atoms with E-state index in [2.05, 4.69) is 0 Å². The molecular weight excluding hydrogens is 1170 g/mol. The number of carboxylic acid groups (broad SMARTS) is 1. The van der Waals surface area contributed by atoms with Crippen LogP contribution in [0.1, 0.15) is 25.7 Å². The average molecular weight is 1270 g/mol. The quantitative estimate of drug-likeness (QED) is 0.0612. The van der Waals surface area contributed by atoms with Crippen LogP contribution in [-0.2, 0) is 138 Å². The SMILES string of the molecule is O=C(O)CCOCCOCCOCCOCCOCCOCCOCCOCCOCCOCCOCCOCCOCCOCCOCCOCCOCCOCCOCCOCCOCCOCCOCCOCCC(=O)ON1C(=O)CCC1=O. The van der Waals surface area contributed by atoms with Gasteiger partial charge in [-0.3, -0.25) is 14.4 Å². The second-order valence-electron chi connectivity index (χ2n) is 17.6. The van der Waals surface area contributed by atoms with Crippen LogP contribution in [0.15, 0.2) is 0 Å². The van der Waals surface area contributed by atoms with Crippen molar-refractivity contribution in [2.24, 2.45) is 0 Å². The van der Waals surface area contributed by atoms with Crippen LogP contribution in [0.2, 0.25) is 0 Å². The first-order valence-electron chi connectivity index (χ1n) is 30.1. The molecule has 31 nitrogen and oxygen atoms in total. The summed E-state index contributed by atoms with van der Waals surface area (Å²) >= 11 is 0. The standard InChI is InChI=1S/C56H105NO30/c58-53-1-2-54(59)57(53)87-56(62)4-6-64-8-10-66-12-14-68-16-18-70-20-22-72-24-26-74-28-30-76-32-34-78-36-38-80-40-42-82-44-46-84-48-50-86-52-51-85-49-47-83-45-43-81-41-39-79-37-35-77-33-31-75-29-27-73-25-23-71-21-19-69-17-15-67-13-11-65-9-7-63-5-3-55(60)61/h1-52H2,(H,60,61). The van der Waals surface area contributed by atoms with Gasteiger partial charge in [0, 0.05) is 12.8 Å². The van der Waals surface area contributed by atoms with Crippen LogP contribution < -0.4 is 0 Å². The fourth-order valence-electron chi connectivity index (χ4n) is 6.28. The second kappa shape index (κ2) is 70.6. The van der Waals surface area contributed by atoms with Gasteiger partial charge in [0.1, 0.15) is 0 Å². The molecule has 1 rings (SSSR count). The van der Waals surface area contributed by atoms with Crippen LogP contribution in [-0.4, -0.2) is 351 Å². The number of carbonyl (C=O) groups is 4. The van der Waals surface area contributed by atoms with Crippen LogP contribution in [0, 0.1) is 0 Å². The van der Waals surface area contributed by atoms with Crippen molar-refractivity contribution in [2.45, 2.75) is 25.7 Å². The third kappa shape index (κ3) is 65.9. The molecule has 1 saturated heterocycles. The monoisotopic (exact) mass is 1270 g/mol. The summed E-state index contributed by atoms with van der Waals surface area (Å²) in [5.41, 5.74) is 0. The third-order valence-corrected chi connectivity index (χ3v) is 10.7. The highest BCUT2D eigenvalue weighted by atomic mass is 16.7. The normalized spacial score (nSPS) is 12.6. The Morgan fingerprint density at radius 1 is 0.230 bits per heavy atom. The van der Waals surface area contributed by atoms with E-state index in [4.69, 9.17) is 124 Å². The Kier molecular flexibility index (Phi) is 66.6. The zero-order valence-corrected chi connectivity index (χ0v) is 51.5. The van der Waals surface area contributed by atoms with E-state index in [-0.39, 0.29) is 45.5 Å². The number of rotatable bonds is 76. The van der Waals surface area contributed by atoms with E-state index in [1.165, 1.54) is 0 Å². The lowest BCUT2D eigenvalue weighted by atomic mass is 10.4. The Labute approximate surface area is 513 Å². The van der Waals surface area contributed by atoms with Gasteiger partial charge < -0.3 is 124 Å². The Hall–Kier alpha value is -2.88. The molecule has 0 bridgehead atoms. The summed E-state index contributed by atoms with van der Waals surface area (Å²) in [4.78, 5) is 49.7. The first kappa shape index (κ1) is 82.1. The lowest BCUT2D eigenvalue weighted by Crippen LogP contribution is -2.32. The maximum Gasteiger partial charge on any atom is 0.335 e. The fourth-order valence-corrected chi connectivity index (χ4v) is 6.28. The number of carboxylic acids is 1. The van der Waals surface area contributed by atoms with E-state index in [0.717, 1.165) is 0 Å². The number of nitrogens with zero attached hydrogens (tertiary/aromatic N) is 1. The summed E-state index contributed by atoms with van der Waals surface area (Å²) in [6.45, 7) is 21.0. The fraction of sp³-hybridized carbons (Fsp3) is 0.929. The maximum atomic E-state index is 11.7. The zero-order chi connectivity index (χ0) is 62.3. The molecule has 0 spiro atoms. The summed E-state index contributed by atoms with van der Waals surface area (Å²) in [5, 5.41) is 9.04. The molecule has 0 saturated carbocycles. The van der Waals surface area contributed by atoms with E-state index in [1.807, 2.05) is 0 Å². The van der Waals surface area contributed by atoms with E-state index in [1.54, 1.807) is 0 Å². The van der Waals surface area contributed by atoms with Crippen LogP contribution >= 0.6 is 0 Å². The van der Waals surface area contributed by atoms with E-state index < -0.39 is 23.8 Å². The number of imide groups is 1. The van der Waals surface area contributed by atoms with Crippen molar-refractivity contribution in [3.63, 3.8) is 0 Å². The van der Waals surface area contributed by atoms with E-state index >= 15 is 0 Å². The highest BCUT2D eigenvalue weighted by Gasteiger charge is 2.32. The first-order chi connectivity index (χ1) is 43.0. The Morgan fingerprint density at radius 3 is 0.494 bits per heavy atom. The summed E-state index contributed by atoms with van der Waals surface area (Å²) in [5.74, 6) is -2.62. The summed E-state index contributed by atoms with van der Waals surface area (Å²) in [7, 11) is 0. The maximum absolute atomic E-state index is 11.7. The average Bonchev–Trinajstić information content (AvgIpc) is 3.84. The molecular formula is C56H105NO30. The Morgan fingerprint density at radius 2 is 0.356 bits per heavy atom. The van der Waals surface area contributed by atoms with Crippen molar-refractivity contribution in [2.75, 3.05) is 317 Å². The van der Waals surface area contributed by atoms with Gasteiger partial charge in [0.2, 0.25) is 0 Å². The minimum atomic E-state index is -0.882. The van der Waals surface area contributed by atoms with Crippen molar-refractivity contribution in [1.29, 1.82) is 0 Å². The number of hydrogen-bond donors (Lipinski definition) is 1. The Balaban J connectivity index is 1.59. The van der Waals surface area contributed by atoms with Crippen molar-refractivity contribution < 1.29 is 143 Å². The van der Waals surface area contributed by atoms with E-state index in [9.17, 15) is 19.2 Å². The van der Waals surface area contributed by atoms with Crippen LogP contribution in [0.25, 0.3) is 0 Å². The van der Waals surface area contributed by atoms with Crippen LogP contribution in [0.4, 0.5) is 0 Å². The molecule has 1 N–H and O–H groups in total. The molecule has 1 heterocycles. The van der Waals surface area contributed by atoms with Gasteiger partial charge in [-0.1, -0.05) is 0 Å². The summed E-state index contributed by atoms with van der Waals surface area (Å²) in [6.07, 6.45) is 0.00622. The summed E-state index contributed by atoms with van der Waals surface area (Å²) < 4.78 is 131. The molecule has 0 atom stereocenters. The van der Waals surface area contributed by atoms with Gasteiger partial charge in [-0.15, -0.1) is 5.06 Å². The number of hydrogen-bond acceptors (Lipinski definition) is 29. The predicted octanol–water partition coefficient (Wildman–Crippen LogP) is -0.143. The molecule has 0 aromatic heterocycles. The molecule has 2 amide bonds. The largest absolute Gasteiger partial charge is 0.481 e. The highest BCUT2D eigenvalue weighted by Crippen LogP contribution is 2.12. The van der Waals surface area contributed by atoms with Gasteiger partial charge in [-0.05, 0) is 0 Å². The molecule has 1 aliphatic rings. The third-order valence-electron chi connectivity index (χ3n) is 10.7. The van der Waals surface area contributed by atoms with Gasteiger partial charge in [-0.25, -0.2) is 4.79 Å². The molecule has 0 unspecified atom stereocenters. The van der Waals surface area contributed by atoms with Crippen LogP contribution in [0.3, 0.4) is 0 Å². The molecule has 514 valence electrons. The molecule has 87 heavy (non-hydrogen) atoms. The highest BCUT2D eigenvalue weighted by molar-refractivity contribution is 6.01. The van der Waals surface area contributed by atoms with Gasteiger partial charge in [0.25, 0.3) is 11.8 Å². The van der Waals surface area contributed by atoms with Gasteiger partial charge >= 0.3 is 11.9 Å². The lowest BCUT2D eigenvalue weighted by molar-refractivity contribution is -0.198. The number of ether oxygens (including phenoxy) is 24. The second-order valence-corrected chi connectivity index (χ2v) is 17.6. The minimum absolute atomic E-state index is 0.0125. The number of hydroxylamine groups is 2. The van der Waals surface area contributed by atoms with E-state index in [0.29, 0.717) is 302 Å². The molecule has 31 heteroatoms. The molecule has 0 aliphatic carbocycles. The number of aliphatic carboxylic acids is 1. The minimum Gasteiger partial charge on any atom is -0.481 e. The Bertz CT molecular complexity index is 1450. The molecule has 1 fully saturated rings. The van der Waals surface area contributed by atoms with Crippen molar-refractivity contribution >= 4 is 23.8 Å². The van der Waals surface area contributed by atoms with Gasteiger partial charge in [0.15, 0.2) is 0 Å². The number of amides is 2. The van der Waals surface area contributed by atoms with Gasteiger partial charge in [0.05, 0.1) is 330 Å². The van der Waals surface area contributed by atoms with Crippen molar-refractivity contribution in [3.8, 4) is 0 Å². The van der Waals surface area contributed by atoms with Gasteiger partial charge in [-0.2, -0.15) is 0 Å². The number of carbonyl (C=O) groups excluding carboxylic acids is 3. The molecule has 0 aromatic carbocycles. The molecule has 0 aromatic rings. The van der Waals surface area contributed by atoms with Crippen molar-refractivity contribution in [1.82, 2.24) is 5.06 Å². The topological polar surface area (TPSA) is 322 Å². The zero-order valence-electron chi connectivity index (χ0n) is 51.5. The van der Waals surface area contributed by atoms with Crippen LogP contribution in [0.5, 0.6) is 0 Å². The lowest BCUT2D eigenvalue weighted by Gasteiger charge is -2.12. The van der Waals surface area contributed by atoms with Crippen molar-refractivity contribution in [3.05, 3.63) is 0 Å². The molecule has 0 radical (unpaired) electrons.